The molecule has 1 aliphatic heterocycles. The summed E-state index contributed by atoms with van der Waals surface area (Å²) in [5.41, 5.74) is 11.4. The fraction of sp³-hybridized carbons (Fsp3) is 0.325. The Hall–Kier alpha value is -1.83. The quantitative estimate of drug-likeness (QED) is 0.119. The minimum absolute atomic E-state index is 0.506. The molecule has 0 N–H and O–H groups in total. The molecule has 0 amide bonds. The molecular formula is C40H44Cl2SiZr. The summed E-state index contributed by atoms with van der Waals surface area (Å²) in [6.07, 6.45) is 1.18. The van der Waals surface area contributed by atoms with Crippen molar-refractivity contribution in [3.05, 3.63) is 113 Å². The van der Waals surface area contributed by atoms with Crippen molar-refractivity contribution in [2.75, 3.05) is 0 Å². The Bertz CT molecular complexity index is 1610. The van der Waals surface area contributed by atoms with Gasteiger partial charge in [0.25, 0.3) is 0 Å². The zero-order valence-corrected chi connectivity index (χ0v) is 32.3. The van der Waals surface area contributed by atoms with Crippen LogP contribution in [-0.2, 0) is 20.8 Å². The van der Waals surface area contributed by atoms with Crippen LogP contribution in [0.4, 0.5) is 0 Å². The Morgan fingerprint density at radius 2 is 1.41 bits per heavy atom. The van der Waals surface area contributed by atoms with Gasteiger partial charge in [-0.25, -0.2) is 0 Å². The van der Waals surface area contributed by atoms with Gasteiger partial charge in [0.2, 0.25) is 0 Å². The van der Waals surface area contributed by atoms with E-state index in [1.54, 1.807) is 0 Å². The summed E-state index contributed by atoms with van der Waals surface area (Å²) in [7, 11) is 10.7. The monoisotopic (exact) mass is 712 g/mol. The average molecular weight is 715 g/mol. The molecule has 5 aromatic carbocycles. The van der Waals surface area contributed by atoms with Crippen LogP contribution in [0.1, 0.15) is 108 Å². The minimum Gasteiger partial charge on any atom is -0.184 e. The largest absolute Gasteiger partial charge is 0.184 e. The van der Waals surface area contributed by atoms with E-state index in [1.807, 2.05) is 6.07 Å². The van der Waals surface area contributed by atoms with Crippen molar-refractivity contribution in [1.29, 1.82) is 0 Å². The maximum atomic E-state index is 4.93. The Kier molecular flexibility index (Phi) is 12.8. The van der Waals surface area contributed by atoms with Gasteiger partial charge in [-0.1, -0.05) is 126 Å². The second-order valence-electron chi connectivity index (χ2n) is 12.7. The zero-order valence-electron chi connectivity index (χ0n) is 27.4. The first-order chi connectivity index (χ1) is 21.1. The molecule has 1 heterocycles. The van der Waals surface area contributed by atoms with Gasteiger partial charge in [0.05, 0.1) is 9.52 Å². The fourth-order valence-electron chi connectivity index (χ4n) is 5.86. The second kappa shape index (κ2) is 16.1. The van der Waals surface area contributed by atoms with Crippen molar-refractivity contribution in [2.45, 2.75) is 85.5 Å². The molecule has 0 fully saturated rings. The molecule has 0 saturated heterocycles. The molecule has 1 aliphatic rings. The van der Waals surface area contributed by atoms with Crippen LogP contribution in [-0.4, -0.2) is 9.52 Å². The van der Waals surface area contributed by atoms with E-state index in [-0.39, 0.29) is 0 Å². The Labute approximate surface area is 287 Å². The molecule has 44 heavy (non-hydrogen) atoms. The van der Waals surface area contributed by atoms with Gasteiger partial charge in [0.15, 0.2) is 0 Å². The third-order valence-electron chi connectivity index (χ3n) is 8.68. The van der Waals surface area contributed by atoms with Gasteiger partial charge in [-0.3, -0.25) is 0 Å². The molecule has 0 aliphatic carbocycles. The van der Waals surface area contributed by atoms with Crippen LogP contribution in [0.3, 0.4) is 0 Å². The SMILES string of the molecule is CCC(C)c1cc2c(-c3cc(C(C)C)cc(C(C)C)c3)c(C(C)C)ccc2[cH-]1.[Cl][Zr+2][Cl].[c-]1cccc2c1[Si]c1ccccc1-2. The molecule has 0 nitrogen and oxygen atoms in total. The number of benzene rings is 4. The molecule has 0 bridgehead atoms. The van der Waals surface area contributed by atoms with Crippen molar-refractivity contribution in [2.24, 2.45) is 0 Å². The molecule has 0 saturated carbocycles. The van der Waals surface area contributed by atoms with Crippen LogP contribution in [0, 0.1) is 6.07 Å². The van der Waals surface area contributed by atoms with E-state index in [2.05, 4.69) is 140 Å². The van der Waals surface area contributed by atoms with Crippen LogP contribution >= 0.6 is 17.0 Å². The van der Waals surface area contributed by atoms with E-state index in [1.165, 1.54) is 72.1 Å². The van der Waals surface area contributed by atoms with E-state index >= 15 is 0 Å². The first-order valence-electron chi connectivity index (χ1n) is 15.8. The molecule has 226 valence electrons. The smallest absolute Gasteiger partial charge is 0.0920 e. The third-order valence-corrected chi connectivity index (χ3v) is 10.0. The summed E-state index contributed by atoms with van der Waals surface area (Å²) in [5.74, 6) is 2.19. The van der Waals surface area contributed by atoms with E-state index in [9.17, 15) is 0 Å². The van der Waals surface area contributed by atoms with Gasteiger partial charge in [0.1, 0.15) is 0 Å². The zero-order chi connectivity index (χ0) is 32.0. The first kappa shape index (κ1) is 35.0. The van der Waals surface area contributed by atoms with Gasteiger partial charge in [-0.15, -0.1) is 40.1 Å². The molecule has 0 spiro atoms. The average Bonchev–Trinajstić information content (AvgIpc) is 3.62. The Balaban J connectivity index is 0.000000226. The summed E-state index contributed by atoms with van der Waals surface area (Å²) in [5, 5.41) is 5.64. The van der Waals surface area contributed by atoms with Gasteiger partial charge in [-0.2, -0.15) is 35.5 Å². The predicted octanol–water partition coefficient (Wildman–Crippen LogP) is 11.6. The number of rotatable bonds is 6. The van der Waals surface area contributed by atoms with Crippen LogP contribution in [0.2, 0.25) is 0 Å². The molecule has 2 radical (unpaired) electrons. The number of halogens is 2. The van der Waals surface area contributed by atoms with Gasteiger partial charge < -0.3 is 0 Å². The van der Waals surface area contributed by atoms with Crippen LogP contribution < -0.4 is 10.4 Å². The minimum atomic E-state index is -0.826. The molecule has 4 heteroatoms. The third kappa shape index (κ3) is 8.11. The maximum absolute atomic E-state index is 4.93. The molecule has 1 unspecified atom stereocenters. The fourth-order valence-corrected chi connectivity index (χ4v) is 7.17. The molecule has 6 rings (SSSR count). The summed E-state index contributed by atoms with van der Waals surface area (Å²) in [6.45, 7) is 18.5. The topological polar surface area (TPSA) is 0 Å². The summed E-state index contributed by atoms with van der Waals surface area (Å²) in [4.78, 5) is 0. The number of hydrogen-bond donors (Lipinski definition) is 0. The Morgan fingerprint density at radius 1 is 0.773 bits per heavy atom. The first-order valence-corrected chi connectivity index (χ1v) is 23.1. The summed E-state index contributed by atoms with van der Waals surface area (Å²) < 4.78 is 0. The molecule has 0 aromatic heterocycles. The summed E-state index contributed by atoms with van der Waals surface area (Å²) >= 11 is -0.826. The van der Waals surface area contributed by atoms with E-state index in [4.69, 9.17) is 17.0 Å². The van der Waals surface area contributed by atoms with Crippen molar-refractivity contribution in [3.63, 3.8) is 0 Å². The van der Waals surface area contributed by atoms with E-state index in [0.29, 0.717) is 23.7 Å². The number of fused-ring (bicyclic) bond motifs is 4. The van der Waals surface area contributed by atoms with Crippen LogP contribution in [0.15, 0.2) is 84.9 Å². The second-order valence-corrected chi connectivity index (χ2v) is 17.7. The van der Waals surface area contributed by atoms with Crippen molar-refractivity contribution in [3.8, 4) is 22.3 Å². The predicted molar refractivity (Wildman–Crippen MR) is 193 cm³/mol. The molecular weight excluding hydrogens is 671 g/mol. The summed E-state index contributed by atoms with van der Waals surface area (Å²) in [6, 6.07) is 35.0. The Morgan fingerprint density at radius 3 is 2.02 bits per heavy atom. The van der Waals surface area contributed by atoms with E-state index < -0.39 is 20.8 Å². The number of hydrogen-bond acceptors (Lipinski definition) is 0. The van der Waals surface area contributed by atoms with Crippen LogP contribution in [0.5, 0.6) is 0 Å². The normalized spacial score (nSPS) is 12.3. The molecule has 5 aromatic rings. The van der Waals surface area contributed by atoms with Crippen molar-refractivity contribution in [1.82, 2.24) is 0 Å². The standard InChI is InChI=1S/C28H37.C12H7Si.2ClH.Zr/c1-9-20(8)24-12-21-10-11-26(19(6)7)28(27(21)16-24)25-14-22(17(2)3)13-23(15-25)18(4)5;1-3-7-11-9(5-1)10-6-2-4-8-12(10)13-11;;;/h10-20H,9H2,1-8H3;1-7H;2*1H;/q2*-1;;;+4/p-2. The van der Waals surface area contributed by atoms with Crippen LogP contribution in [0.25, 0.3) is 33.0 Å². The van der Waals surface area contributed by atoms with Gasteiger partial charge >= 0.3 is 37.9 Å². The van der Waals surface area contributed by atoms with Gasteiger partial charge in [0, 0.05) is 0 Å². The molecule has 1 atom stereocenters. The maximum Gasteiger partial charge on any atom is 0.0920 e. The van der Waals surface area contributed by atoms with E-state index in [0.717, 1.165) is 9.52 Å². The van der Waals surface area contributed by atoms with Crippen molar-refractivity contribution < 1.29 is 20.8 Å². The van der Waals surface area contributed by atoms with Crippen molar-refractivity contribution >= 4 is 47.7 Å². The van der Waals surface area contributed by atoms with Gasteiger partial charge in [-0.05, 0) is 40.4 Å².